The minimum atomic E-state index is -1.52. The second kappa shape index (κ2) is 17.8. The Kier molecular flexibility index (Phi) is 13.9. The van der Waals surface area contributed by atoms with Gasteiger partial charge in [-0.25, -0.2) is 4.79 Å². The molecular formula is C31H46N10O8. The molecule has 3 rings (SSSR count). The van der Waals surface area contributed by atoms with Gasteiger partial charge in [-0.15, -0.1) is 0 Å². The molecule has 18 nitrogen and oxygen atoms in total. The quantitative estimate of drug-likeness (QED) is 0.0436. The van der Waals surface area contributed by atoms with Gasteiger partial charge in [-0.2, -0.15) is 0 Å². The first kappa shape index (κ1) is 38.2. The summed E-state index contributed by atoms with van der Waals surface area (Å²) in [6.45, 7) is 1.50. The number of carbonyl (C=O) groups is 6. The number of amides is 5. The number of aromatic amines is 1. The van der Waals surface area contributed by atoms with E-state index in [1.807, 2.05) is 24.3 Å². The van der Waals surface area contributed by atoms with Crippen molar-refractivity contribution in [3.8, 4) is 0 Å². The number of nitrogens with one attached hydrogen (secondary N) is 4. The predicted octanol–water partition coefficient (Wildman–Crippen LogP) is -2.73. The summed E-state index contributed by atoms with van der Waals surface area (Å²) < 4.78 is 0. The van der Waals surface area contributed by atoms with Crippen molar-refractivity contribution < 1.29 is 39.0 Å². The molecule has 1 saturated heterocycles. The Balaban J connectivity index is 1.87. The number of aliphatic hydroxyl groups is 1. The van der Waals surface area contributed by atoms with E-state index in [1.54, 1.807) is 6.20 Å². The maximum absolute atomic E-state index is 13.9. The number of fused-ring (bicyclic) bond motifs is 1. The van der Waals surface area contributed by atoms with Crippen molar-refractivity contribution in [3.05, 3.63) is 36.0 Å². The van der Waals surface area contributed by atoms with Gasteiger partial charge in [-0.3, -0.25) is 29.0 Å². The highest BCUT2D eigenvalue weighted by atomic mass is 16.4. The average molecular weight is 687 g/mol. The minimum Gasteiger partial charge on any atom is -0.480 e. The zero-order valence-corrected chi connectivity index (χ0v) is 27.3. The molecule has 18 heteroatoms. The number of aliphatic hydroxyl groups excluding tert-OH is 1. The Hall–Kier alpha value is -5.23. The van der Waals surface area contributed by atoms with Crippen molar-refractivity contribution in [2.24, 2.45) is 27.9 Å². The number of primary amides is 1. The van der Waals surface area contributed by atoms with E-state index in [4.69, 9.17) is 22.9 Å². The van der Waals surface area contributed by atoms with Crippen LogP contribution in [-0.4, -0.2) is 111 Å². The smallest absolute Gasteiger partial charge is 0.326 e. The number of likely N-dealkylation sites (tertiary alicyclic amines) is 1. The molecule has 1 aliphatic heterocycles. The number of benzene rings is 1. The first-order valence-corrected chi connectivity index (χ1v) is 16.0. The number of hydrogen-bond acceptors (Lipinski definition) is 9. The van der Waals surface area contributed by atoms with E-state index in [9.17, 15) is 39.0 Å². The van der Waals surface area contributed by atoms with Gasteiger partial charge in [-0.1, -0.05) is 18.2 Å². The van der Waals surface area contributed by atoms with Crippen LogP contribution in [0.3, 0.4) is 0 Å². The van der Waals surface area contributed by atoms with Crippen molar-refractivity contribution in [2.75, 3.05) is 13.1 Å². The van der Waals surface area contributed by atoms with Crippen LogP contribution in [0, 0.1) is 0 Å². The Morgan fingerprint density at radius 1 is 1.00 bits per heavy atom. The number of carboxylic acid groups (broad SMARTS) is 1. The second-order valence-electron chi connectivity index (χ2n) is 12.0. The van der Waals surface area contributed by atoms with Gasteiger partial charge < -0.3 is 59.0 Å². The molecule has 6 atom stereocenters. The van der Waals surface area contributed by atoms with Crippen molar-refractivity contribution in [1.29, 1.82) is 0 Å². The molecular weight excluding hydrogens is 640 g/mol. The lowest BCUT2D eigenvalue weighted by Gasteiger charge is -2.30. The fourth-order valence-electron chi connectivity index (χ4n) is 5.59. The molecule has 5 amide bonds. The number of carbonyl (C=O) groups excluding carboxylic acids is 5. The van der Waals surface area contributed by atoms with Crippen LogP contribution in [0.5, 0.6) is 0 Å². The highest BCUT2D eigenvalue weighted by Gasteiger charge is 2.40. The molecule has 1 fully saturated rings. The second-order valence-corrected chi connectivity index (χ2v) is 12.0. The average Bonchev–Trinajstić information content (AvgIpc) is 3.70. The standard InChI is InChI=1S/C31H46N10O8/c1-16(42)25(29(47)41-13-5-9-23(41)30(48)49)40-27(45)21(8-4-12-36-31(34)35)38-28(46)22(39-26(44)19(32)10-11-24(33)43)14-17-15-37-20-7-3-2-6-18(17)20/h2-3,6-7,15-16,19,21-23,25,37,42H,4-5,8-14,32H2,1H3,(H2,33,43)(H,38,46)(H,39,44)(H,40,45)(H,48,49)(H4,34,35,36)/t16-,19+,21+,22+,23+,25+/m1/s1. The van der Waals surface area contributed by atoms with Gasteiger partial charge in [0.05, 0.1) is 12.1 Å². The van der Waals surface area contributed by atoms with Crippen molar-refractivity contribution >= 4 is 52.4 Å². The fourth-order valence-corrected chi connectivity index (χ4v) is 5.59. The molecule has 0 radical (unpaired) electrons. The Bertz CT molecular complexity index is 1540. The summed E-state index contributed by atoms with van der Waals surface area (Å²) in [5.41, 5.74) is 23.5. The summed E-state index contributed by atoms with van der Waals surface area (Å²) in [6.07, 6.45) is 0.866. The lowest BCUT2D eigenvalue weighted by Crippen LogP contribution is -2.60. The van der Waals surface area contributed by atoms with E-state index in [0.717, 1.165) is 15.8 Å². The lowest BCUT2D eigenvalue weighted by atomic mass is 10.0. The third-order valence-electron chi connectivity index (χ3n) is 8.22. The van der Waals surface area contributed by atoms with Crippen LogP contribution in [-0.2, 0) is 35.2 Å². The Morgan fingerprint density at radius 3 is 2.33 bits per heavy atom. The van der Waals surface area contributed by atoms with Gasteiger partial charge in [0.25, 0.3) is 0 Å². The molecule has 49 heavy (non-hydrogen) atoms. The first-order valence-electron chi connectivity index (χ1n) is 16.0. The monoisotopic (exact) mass is 686 g/mol. The third kappa shape index (κ3) is 10.9. The summed E-state index contributed by atoms with van der Waals surface area (Å²) in [6, 6.07) is 0.952. The van der Waals surface area contributed by atoms with E-state index in [2.05, 4.69) is 25.9 Å². The number of nitrogens with zero attached hydrogens (tertiary/aromatic N) is 2. The number of aliphatic imine (C=N–C) groups is 1. The van der Waals surface area contributed by atoms with Crippen LogP contribution in [0.15, 0.2) is 35.5 Å². The minimum absolute atomic E-state index is 0.0210. The summed E-state index contributed by atoms with van der Waals surface area (Å²) in [5.74, 6) is -5.17. The van der Waals surface area contributed by atoms with Crippen LogP contribution in [0.1, 0.15) is 51.0 Å². The van der Waals surface area contributed by atoms with Gasteiger partial charge in [0.2, 0.25) is 29.5 Å². The highest BCUT2D eigenvalue weighted by molar-refractivity contribution is 5.96. The van der Waals surface area contributed by atoms with Crippen LogP contribution in [0.4, 0.5) is 0 Å². The molecule has 268 valence electrons. The summed E-state index contributed by atoms with van der Waals surface area (Å²) in [4.78, 5) is 85.0. The van der Waals surface area contributed by atoms with Crippen molar-refractivity contribution in [1.82, 2.24) is 25.8 Å². The highest BCUT2D eigenvalue weighted by Crippen LogP contribution is 2.21. The lowest BCUT2D eigenvalue weighted by molar-refractivity contribution is -0.150. The van der Waals surface area contributed by atoms with E-state index >= 15 is 0 Å². The van der Waals surface area contributed by atoms with Gasteiger partial charge in [0, 0.05) is 43.0 Å². The molecule has 0 aliphatic carbocycles. The third-order valence-corrected chi connectivity index (χ3v) is 8.22. The van der Waals surface area contributed by atoms with Gasteiger partial charge in [0.1, 0.15) is 24.2 Å². The number of H-pyrrole nitrogens is 1. The summed E-state index contributed by atoms with van der Waals surface area (Å²) in [5, 5.41) is 28.5. The van der Waals surface area contributed by atoms with Crippen LogP contribution in [0.25, 0.3) is 10.9 Å². The predicted molar refractivity (Wildman–Crippen MR) is 178 cm³/mol. The Morgan fingerprint density at radius 2 is 1.67 bits per heavy atom. The van der Waals surface area contributed by atoms with E-state index in [1.165, 1.54) is 6.92 Å². The number of para-hydroxylation sites is 1. The molecule has 0 bridgehead atoms. The van der Waals surface area contributed by atoms with Crippen LogP contribution >= 0.6 is 0 Å². The number of nitrogens with two attached hydrogens (primary N) is 4. The number of carboxylic acids is 1. The molecule has 2 aromatic rings. The number of aliphatic carboxylic acids is 1. The molecule has 14 N–H and O–H groups in total. The zero-order valence-electron chi connectivity index (χ0n) is 27.3. The fraction of sp³-hybridized carbons (Fsp3) is 0.516. The molecule has 0 spiro atoms. The maximum atomic E-state index is 13.9. The maximum Gasteiger partial charge on any atom is 0.326 e. The number of aromatic nitrogens is 1. The van der Waals surface area contributed by atoms with E-state index < -0.39 is 71.8 Å². The molecule has 1 aromatic heterocycles. The van der Waals surface area contributed by atoms with Gasteiger partial charge >= 0.3 is 5.97 Å². The largest absolute Gasteiger partial charge is 0.480 e. The molecule has 0 unspecified atom stereocenters. The van der Waals surface area contributed by atoms with Crippen molar-refractivity contribution in [2.45, 2.75) is 88.2 Å². The molecule has 2 heterocycles. The number of rotatable bonds is 18. The Labute approximate surface area is 282 Å². The van der Waals surface area contributed by atoms with Gasteiger partial charge in [-0.05, 0) is 50.7 Å². The molecule has 1 aromatic carbocycles. The molecule has 1 aliphatic rings. The normalized spacial score (nSPS) is 17.3. The van der Waals surface area contributed by atoms with E-state index in [-0.39, 0.29) is 57.6 Å². The van der Waals surface area contributed by atoms with E-state index in [0.29, 0.717) is 12.0 Å². The first-order chi connectivity index (χ1) is 23.2. The summed E-state index contributed by atoms with van der Waals surface area (Å²) in [7, 11) is 0. The van der Waals surface area contributed by atoms with Crippen LogP contribution < -0.4 is 38.9 Å². The topological polar surface area (TPSA) is 314 Å². The SMILES string of the molecule is C[C@@H](O)[C@H](NC(=O)[C@H](CCCN=C(N)N)NC(=O)[C@H](Cc1c[nH]c2ccccc12)NC(=O)[C@@H](N)CCC(N)=O)C(=O)N1CCC[C@H]1C(=O)O. The number of guanidine groups is 1. The van der Waals surface area contributed by atoms with Gasteiger partial charge in [0.15, 0.2) is 5.96 Å². The molecule has 0 saturated carbocycles. The van der Waals surface area contributed by atoms with Crippen molar-refractivity contribution in [3.63, 3.8) is 0 Å². The number of hydrogen-bond donors (Lipinski definition) is 10. The zero-order chi connectivity index (χ0) is 36.2. The summed E-state index contributed by atoms with van der Waals surface area (Å²) >= 11 is 0. The van der Waals surface area contributed by atoms with Crippen LogP contribution in [0.2, 0.25) is 0 Å².